The van der Waals surface area contributed by atoms with E-state index in [-0.39, 0.29) is 5.56 Å². The Bertz CT molecular complexity index is 853. The maximum absolute atomic E-state index is 11.9. The van der Waals surface area contributed by atoms with E-state index < -0.39 is 0 Å². The summed E-state index contributed by atoms with van der Waals surface area (Å²) in [4.78, 5) is 18.3. The Labute approximate surface area is 138 Å². The number of hydrogen-bond donors (Lipinski definition) is 1. The van der Waals surface area contributed by atoms with Crippen LogP contribution in [-0.4, -0.2) is 16.7 Å². The fourth-order valence-electron chi connectivity index (χ4n) is 2.17. The maximum atomic E-state index is 11.9. The van der Waals surface area contributed by atoms with E-state index in [1.54, 1.807) is 37.9 Å². The molecule has 1 aromatic carbocycles. The second-order valence-corrected chi connectivity index (χ2v) is 6.21. The van der Waals surface area contributed by atoms with Crippen molar-refractivity contribution in [3.05, 3.63) is 64.0 Å². The van der Waals surface area contributed by atoms with Crippen molar-refractivity contribution < 1.29 is 4.74 Å². The molecule has 0 amide bonds. The molecule has 0 aliphatic heterocycles. The number of nitrogens with zero attached hydrogens (tertiary/aromatic N) is 2. The van der Waals surface area contributed by atoms with Gasteiger partial charge < -0.3 is 14.6 Å². The van der Waals surface area contributed by atoms with Gasteiger partial charge >= 0.3 is 0 Å². The van der Waals surface area contributed by atoms with Gasteiger partial charge in [0.2, 0.25) is 0 Å². The molecule has 0 bridgehead atoms. The van der Waals surface area contributed by atoms with E-state index in [4.69, 9.17) is 4.74 Å². The van der Waals surface area contributed by atoms with Crippen LogP contribution in [0.1, 0.15) is 4.88 Å². The Morgan fingerprint density at radius 1 is 1.22 bits per heavy atom. The van der Waals surface area contributed by atoms with Gasteiger partial charge in [0.05, 0.1) is 13.7 Å². The van der Waals surface area contributed by atoms with Crippen LogP contribution >= 0.6 is 11.3 Å². The largest absolute Gasteiger partial charge is 0.497 e. The van der Waals surface area contributed by atoms with Gasteiger partial charge in [-0.1, -0.05) is 0 Å². The number of aromatic nitrogens is 2. The van der Waals surface area contributed by atoms with Gasteiger partial charge in [0.25, 0.3) is 5.56 Å². The Morgan fingerprint density at radius 2 is 2.00 bits per heavy atom. The number of nitrogens with one attached hydrogen (secondary N) is 1. The first-order valence-corrected chi connectivity index (χ1v) is 7.97. The summed E-state index contributed by atoms with van der Waals surface area (Å²) in [5, 5.41) is 3.10. The molecule has 0 atom stereocenters. The molecular weight excluding hydrogens is 310 g/mol. The number of rotatable bonds is 5. The van der Waals surface area contributed by atoms with Crippen molar-refractivity contribution in [3.63, 3.8) is 0 Å². The molecule has 5 nitrogen and oxygen atoms in total. The number of ether oxygens (including phenoxy) is 1. The molecule has 3 rings (SSSR count). The zero-order chi connectivity index (χ0) is 16.2. The van der Waals surface area contributed by atoms with Crippen molar-refractivity contribution >= 4 is 17.2 Å². The van der Waals surface area contributed by atoms with E-state index in [2.05, 4.69) is 22.4 Å². The molecule has 23 heavy (non-hydrogen) atoms. The standard InChI is InChI=1S/C17H17N3O2S/c1-20-10-9-18-16(17(20)21)19-11-14-7-8-15(23-14)12-3-5-13(22-2)6-4-12/h3-10H,11H2,1-2H3,(H,18,19). The molecule has 3 aromatic rings. The summed E-state index contributed by atoms with van der Waals surface area (Å²) in [6, 6.07) is 12.1. The highest BCUT2D eigenvalue weighted by molar-refractivity contribution is 7.15. The smallest absolute Gasteiger partial charge is 0.293 e. The molecule has 0 saturated carbocycles. The fourth-order valence-corrected chi connectivity index (χ4v) is 3.13. The summed E-state index contributed by atoms with van der Waals surface area (Å²) in [5.74, 6) is 1.22. The van der Waals surface area contributed by atoms with Crippen LogP contribution in [0.4, 0.5) is 5.82 Å². The molecular formula is C17H17N3O2S. The normalized spacial score (nSPS) is 10.5. The first-order valence-electron chi connectivity index (χ1n) is 7.16. The lowest BCUT2D eigenvalue weighted by atomic mass is 10.2. The number of benzene rings is 1. The van der Waals surface area contributed by atoms with Gasteiger partial charge in [0.1, 0.15) is 5.75 Å². The van der Waals surface area contributed by atoms with Crippen molar-refractivity contribution in [1.82, 2.24) is 9.55 Å². The molecule has 2 aromatic heterocycles. The van der Waals surface area contributed by atoms with Crippen LogP contribution in [0.3, 0.4) is 0 Å². The van der Waals surface area contributed by atoms with Gasteiger partial charge in [-0.25, -0.2) is 4.98 Å². The Balaban J connectivity index is 1.72. The maximum Gasteiger partial charge on any atom is 0.293 e. The summed E-state index contributed by atoms with van der Waals surface area (Å²) < 4.78 is 6.68. The lowest BCUT2D eigenvalue weighted by molar-refractivity contribution is 0.415. The van der Waals surface area contributed by atoms with Gasteiger partial charge in [-0.15, -0.1) is 11.3 Å². The van der Waals surface area contributed by atoms with Gasteiger partial charge in [0, 0.05) is 29.2 Å². The quantitative estimate of drug-likeness (QED) is 0.782. The van der Waals surface area contributed by atoms with E-state index in [9.17, 15) is 4.79 Å². The molecule has 0 fully saturated rings. The molecule has 1 N–H and O–H groups in total. The molecule has 0 aliphatic carbocycles. The van der Waals surface area contributed by atoms with Crippen molar-refractivity contribution in [3.8, 4) is 16.2 Å². The number of aryl methyl sites for hydroxylation is 1. The topological polar surface area (TPSA) is 56.1 Å². The van der Waals surface area contributed by atoms with Crippen LogP contribution in [0.2, 0.25) is 0 Å². The van der Waals surface area contributed by atoms with Crippen LogP contribution in [0.15, 0.2) is 53.6 Å². The highest BCUT2D eigenvalue weighted by atomic mass is 32.1. The molecule has 118 valence electrons. The molecule has 0 saturated heterocycles. The molecule has 6 heteroatoms. The SMILES string of the molecule is COc1ccc(-c2ccc(CNc3nccn(C)c3=O)s2)cc1. The van der Waals surface area contributed by atoms with Gasteiger partial charge in [-0.05, 0) is 42.0 Å². The molecule has 0 radical (unpaired) electrons. The predicted octanol–water partition coefficient (Wildman–Crippen LogP) is 3.13. The molecule has 0 spiro atoms. The minimum Gasteiger partial charge on any atom is -0.497 e. The summed E-state index contributed by atoms with van der Waals surface area (Å²) >= 11 is 1.69. The second-order valence-electron chi connectivity index (χ2n) is 5.04. The highest BCUT2D eigenvalue weighted by Gasteiger charge is 2.06. The first-order chi connectivity index (χ1) is 11.2. The second kappa shape index (κ2) is 6.66. The van der Waals surface area contributed by atoms with Gasteiger partial charge in [0.15, 0.2) is 5.82 Å². The Hall–Kier alpha value is -2.60. The van der Waals surface area contributed by atoms with E-state index in [0.717, 1.165) is 16.2 Å². The Kier molecular flexibility index (Phi) is 4.43. The van der Waals surface area contributed by atoms with E-state index in [1.807, 2.05) is 24.3 Å². The predicted molar refractivity (Wildman–Crippen MR) is 93.1 cm³/mol. The third-order valence-corrected chi connectivity index (χ3v) is 4.62. The third kappa shape index (κ3) is 3.43. The van der Waals surface area contributed by atoms with E-state index in [1.165, 1.54) is 9.44 Å². The van der Waals surface area contributed by atoms with Gasteiger partial charge in [-0.3, -0.25) is 4.79 Å². The lowest BCUT2D eigenvalue weighted by Crippen LogP contribution is -2.21. The van der Waals surface area contributed by atoms with Crippen molar-refractivity contribution in [2.75, 3.05) is 12.4 Å². The summed E-state index contributed by atoms with van der Waals surface area (Å²) in [7, 11) is 3.37. The van der Waals surface area contributed by atoms with Gasteiger partial charge in [-0.2, -0.15) is 0 Å². The zero-order valence-electron chi connectivity index (χ0n) is 12.9. The summed E-state index contributed by atoms with van der Waals surface area (Å²) in [6.07, 6.45) is 3.25. The fraction of sp³-hybridized carbons (Fsp3) is 0.176. The first kappa shape index (κ1) is 15.3. The zero-order valence-corrected chi connectivity index (χ0v) is 13.8. The van der Waals surface area contributed by atoms with Crippen LogP contribution in [0.25, 0.3) is 10.4 Å². The van der Waals surface area contributed by atoms with Crippen molar-refractivity contribution in [2.24, 2.45) is 7.05 Å². The number of thiophene rings is 1. The average Bonchev–Trinajstić information content (AvgIpc) is 3.05. The Morgan fingerprint density at radius 3 is 2.74 bits per heavy atom. The van der Waals surface area contributed by atoms with Crippen LogP contribution in [0.5, 0.6) is 5.75 Å². The minimum absolute atomic E-state index is 0.126. The lowest BCUT2D eigenvalue weighted by Gasteiger charge is -2.04. The number of hydrogen-bond acceptors (Lipinski definition) is 5. The average molecular weight is 327 g/mol. The summed E-state index contributed by atoms with van der Waals surface area (Å²) in [5.41, 5.74) is 1.02. The molecule has 0 unspecified atom stereocenters. The van der Waals surface area contributed by atoms with Crippen LogP contribution in [0, 0.1) is 0 Å². The molecule has 2 heterocycles. The summed E-state index contributed by atoms with van der Waals surface area (Å²) in [6.45, 7) is 0.576. The third-order valence-electron chi connectivity index (χ3n) is 3.48. The molecule has 0 aliphatic rings. The monoisotopic (exact) mass is 327 g/mol. The van der Waals surface area contributed by atoms with Crippen LogP contribution < -0.4 is 15.6 Å². The number of anilines is 1. The van der Waals surface area contributed by atoms with Crippen molar-refractivity contribution in [2.45, 2.75) is 6.54 Å². The van der Waals surface area contributed by atoms with Crippen LogP contribution in [-0.2, 0) is 13.6 Å². The highest BCUT2D eigenvalue weighted by Crippen LogP contribution is 2.29. The number of methoxy groups -OCH3 is 1. The van der Waals surface area contributed by atoms with E-state index >= 15 is 0 Å². The van der Waals surface area contributed by atoms with E-state index in [0.29, 0.717) is 12.4 Å². The van der Waals surface area contributed by atoms with Crippen molar-refractivity contribution in [1.29, 1.82) is 0 Å². The minimum atomic E-state index is -0.126.